The molecule has 1 aliphatic rings. The molecule has 3 N–H and O–H groups in total. The molecule has 1 aromatic carbocycles. The Morgan fingerprint density at radius 1 is 1.07 bits per heavy atom. The summed E-state index contributed by atoms with van der Waals surface area (Å²) in [5, 5.41) is 6.25. The molecular weight excluding hydrogens is 631 g/mol. The number of nitrogens with one attached hydrogen (secondary N) is 3. The van der Waals surface area contributed by atoms with Crippen LogP contribution in [0.2, 0.25) is 0 Å². The highest BCUT2D eigenvalue weighted by atomic mass is 32.2. The number of likely N-dealkylation sites (tertiary alicyclic amines) is 1. The number of aromatic nitrogens is 1. The number of benzene rings is 1. The van der Waals surface area contributed by atoms with Crippen LogP contribution in [0, 0.1) is 5.92 Å². The Labute approximate surface area is 277 Å². The molecule has 2 atom stereocenters. The number of ether oxygens (including phenoxy) is 2. The number of nitrogens with zero attached hydrogens (tertiary/aromatic N) is 2. The standard InChI is InChI=1S/C32H49N5O7S2/c1-19(2)15-27(38)34-21-11-13-23(26(16-21)46(41,42)36-31(5,6)7)25-17-33-28(45-25)24-14-12-22(35-29(39)43-20(3)4)18-37(24)30(40)44-32(8,9)10/h11,13,16-17,19-20,22,24,36H,12,14-15,18H2,1-10H3,(H,34,38)(H,35,39)/t22?,24-/m0/s1. The Bertz CT molecular complexity index is 1510. The summed E-state index contributed by atoms with van der Waals surface area (Å²) in [5.74, 6) is -0.0691. The zero-order valence-electron chi connectivity index (χ0n) is 28.5. The highest BCUT2D eigenvalue weighted by Gasteiger charge is 2.38. The van der Waals surface area contributed by atoms with Gasteiger partial charge < -0.3 is 20.1 Å². The number of amides is 3. The summed E-state index contributed by atoms with van der Waals surface area (Å²) >= 11 is 1.28. The largest absolute Gasteiger partial charge is 0.447 e. The molecule has 0 bridgehead atoms. The molecule has 3 rings (SSSR count). The van der Waals surface area contributed by atoms with Crippen molar-refractivity contribution in [1.29, 1.82) is 0 Å². The molecule has 1 fully saturated rings. The molecule has 256 valence electrons. The maximum Gasteiger partial charge on any atom is 0.410 e. The average molecular weight is 680 g/mol. The summed E-state index contributed by atoms with van der Waals surface area (Å²) in [4.78, 5) is 45.0. The van der Waals surface area contributed by atoms with Crippen molar-refractivity contribution < 1.29 is 32.3 Å². The van der Waals surface area contributed by atoms with Gasteiger partial charge >= 0.3 is 12.2 Å². The van der Waals surface area contributed by atoms with Gasteiger partial charge in [0.05, 0.1) is 28.0 Å². The van der Waals surface area contributed by atoms with Crippen LogP contribution in [-0.4, -0.2) is 66.2 Å². The first kappa shape index (κ1) is 37.2. The van der Waals surface area contributed by atoms with Gasteiger partial charge in [-0.2, -0.15) is 0 Å². The van der Waals surface area contributed by atoms with Crippen molar-refractivity contribution in [2.24, 2.45) is 5.92 Å². The number of rotatable bonds is 9. The lowest BCUT2D eigenvalue weighted by atomic mass is 9.99. The van der Waals surface area contributed by atoms with Crippen LogP contribution in [0.1, 0.15) is 99.5 Å². The minimum Gasteiger partial charge on any atom is -0.447 e. The second-order valence-electron chi connectivity index (χ2n) is 14.3. The minimum absolute atomic E-state index is 0.000503. The zero-order chi connectivity index (χ0) is 34.6. The monoisotopic (exact) mass is 679 g/mol. The lowest BCUT2D eigenvalue weighted by Gasteiger charge is -2.39. The molecule has 1 aromatic heterocycles. The Balaban J connectivity index is 1.99. The average Bonchev–Trinajstić information content (AvgIpc) is 3.35. The predicted molar refractivity (Wildman–Crippen MR) is 179 cm³/mol. The predicted octanol–water partition coefficient (Wildman–Crippen LogP) is 6.45. The first-order chi connectivity index (χ1) is 21.1. The second-order valence-corrected chi connectivity index (χ2v) is 17.0. The van der Waals surface area contributed by atoms with Gasteiger partial charge in [-0.05, 0) is 86.3 Å². The van der Waals surface area contributed by atoms with Crippen LogP contribution in [0.5, 0.6) is 0 Å². The van der Waals surface area contributed by atoms with E-state index >= 15 is 0 Å². The van der Waals surface area contributed by atoms with Crippen LogP contribution in [0.25, 0.3) is 10.4 Å². The van der Waals surface area contributed by atoms with Gasteiger partial charge in [-0.15, -0.1) is 11.3 Å². The normalized spacial score (nSPS) is 17.6. The maximum atomic E-state index is 13.7. The van der Waals surface area contributed by atoms with Crippen molar-refractivity contribution in [3.8, 4) is 10.4 Å². The van der Waals surface area contributed by atoms with Crippen LogP contribution in [0.3, 0.4) is 0 Å². The number of anilines is 1. The van der Waals surface area contributed by atoms with Gasteiger partial charge in [0.1, 0.15) is 10.6 Å². The summed E-state index contributed by atoms with van der Waals surface area (Å²) < 4.78 is 41.0. The van der Waals surface area contributed by atoms with Crippen molar-refractivity contribution in [1.82, 2.24) is 19.9 Å². The van der Waals surface area contributed by atoms with Gasteiger partial charge in [-0.1, -0.05) is 19.9 Å². The van der Waals surface area contributed by atoms with E-state index in [1.807, 2.05) is 13.8 Å². The molecule has 2 heterocycles. The van der Waals surface area contributed by atoms with Crippen LogP contribution >= 0.6 is 11.3 Å². The third kappa shape index (κ3) is 10.9. The summed E-state index contributed by atoms with van der Waals surface area (Å²) in [6.45, 7) is 18.2. The third-order valence-corrected chi connectivity index (χ3v) is 9.47. The van der Waals surface area contributed by atoms with Crippen molar-refractivity contribution in [2.45, 2.75) is 123 Å². The fraction of sp³-hybridized carbons (Fsp3) is 0.625. The lowest BCUT2D eigenvalue weighted by molar-refractivity contribution is -0.116. The molecule has 14 heteroatoms. The Kier molecular flexibility index (Phi) is 11.9. The number of hydrogen-bond donors (Lipinski definition) is 3. The van der Waals surface area contributed by atoms with E-state index in [0.29, 0.717) is 40.4 Å². The highest BCUT2D eigenvalue weighted by molar-refractivity contribution is 7.89. The first-order valence-electron chi connectivity index (χ1n) is 15.5. The van der Waals surface area contributed by atoms with E-state index in [2.05, 4.69) is 20.3 Å². The molecule has 1 saturated heterocycles. The molecular formula is C32H49N5O7S2. The number of piperidine rings is 1. The number of carbonyl (C=O) groups is 3. The van der Waals surface area contributed by atoms with Gasteiger partial charge in [0.15, 0.2) is 0 Å². The Hall–Kier alpha value is -3.23. The number of carbonyl (C=O) groups excluding carboxylic acids is 3. The molecule has 0 spiro atoms. The van der Waals surface area contributed by atoms with E-state index in [9.17, 15) is 22.8 Å². The van der Waals surface area contributed by atoms with Gasteiger partial charge in [-0.25, -0.2) is 27.7 Å². The summed E-state index contributed by atoms with van der Waals surface area (Å²) in [7, 11) is -4.02. The Morgan fingerprint density at radius 2 is 1.74 bits per heavy atom. The highest BCUT2D eigenvalue weighted by Crippen LogP contribution is 2.40. The topological polar surface area (TPSA) is 156 Å². The summed E-state index contributed by atoms with van der Waals surface area (Å²) in [5.41, 5.74) is -0.722. The maximum absolute atomic E-state index is 13.7. The molecule has 1 unspecified atom stereocenters. The van der Waals surface area contributed by atoms with Crippen molar-refractivity contribution in [3.05, 3.63) is 29.4 Å². The molecule has 12 nitrogen and oxygen atoms in total. The Morgan fingerprint density at radius 3 is 2.33 bits per heavy atom. The third-order valence-electron chi connectivity index (χ3n) is 6.54. The van der Waals surface area contributed by atoms with Gasteiger partial charge in [0, 0.05) is 36.0 Å². The van der Waals surface area contributed by atoms with Gasteiger partial charge in [0.2, 0.25) is 15.9 Å². The van der Waals surface area contributed by atoms with E-state index in [4.69, 9.17) is 9.47 Å². The fourth-order valence-corrected chi connectivity index (χ4v) is 7.75. The van der Waals surface area contributed by atoms with Gasteiger partial charge in [-0.3, -0.25) is 9.69 Å². The zero-order valence-corrected chi connectivity index (χ0v) is 30.1. The molecule has 1 aliphatic heterocycles. The van der Waals surface area contributed by atoms with Crippen molar-refractivity contribution in [3.63, 3.8) is 0 Å². The fourth-order valence-electron chi connectivity index (χ4n) is 4.92. The van der Waals surface area contributed by atoms with E-state index < -0.39 is 39.4 Å². The number of alkyl carbamates (subject to hydrolysis) is 1. The van der Waals surface area contributed by atoms with Crippen molar-refractivity contribution >= 4 is 45.1 Å². The van der Waals surface area contributed by atoms with Crippen LogP contribution in [0.4, 0.5) is 15.3 Å². The summed E-state index contributed by atoms with van der Waals surface area (Å²) in [6.07, 6.45) is 1.55. The van der Waals surface area contributed by atoms with E-state index in [0.717, 1.165) is 0 Å². The smallest absolute Gasteiger partial charge is 0.410 e. The van der Waals surface area contributed by atoms with Crippen LogP contribution in [-0.2, 0) is 24.3 Å². The van der Waals surface area contributed by atoms with E-state index in [1.54, 1.807) is 78.6 Å². The SMILES string of the molecule is CC(C)CC(=O)Nc1ccc(-c2cnc([C@@H]3CCC(NC(=O)OC(C)C)CN3C(=O)OC(C)(C)C)s2)c(S(=O)(=O)NC(C)(C)C)c1. The molecule has 0 saturated carbocycles. The van der Waals surface area contributed by atoms with Crippen LogP contribution < -0.4 is 15.4 Å². The number of sulfonamides is 1. The molecule has 2 aromatic rings. The molecule has 46 heavy (non-hydrogen) atoms. The van der Waals surface area contributed by atoms with Crippen molar-refractivity contribution in [2.75, 3.05) is 11.9 Å². The lowest BCUT2D eigenvalue weighted by Crippen LogP contribution is -2.52. The number of hydrogen-bond acceptors (Lipinski definition) is 9. The molecule has 0 radical (unpaired) electrons. The minimum atomic E-state index is -4.02. The first-order valence-corrected chi connectivity index (χ1v) is 17.8. The molecule has 0 aliphatic carbocycles. The number of thiazole rings is 1. The quantitative estimate of drug-likeness (QED) is 0.273. The van der Waals surface area contributed by atoms with E-state index in [-0.39, 0.29) is 35.4 Å². The molecule has 3 amide bonds. The van der Waals surface area contributed by atoms with Crippen LogP contribution in [0.15, 0.2) is 29.3 Å². The van der Waals surface area contributed by atoms with E-state index in [1.165, 1.54) is 17.4 Å². The summed E-state index contributed by atoms with van der Waals surface area (Å²) in [6, 6.07) is 3.97. The second kappa shape index (κ2) is 14.7. The van der Waals surface area contributed by atoms with Gasteiger partial charge in [0.25, 0.3) is 0 Å².